The lowest BCUT2D eigenvalue weighted by Gasteiger charge is -2.34. The zero-order chi connectivity index (χ0) is 15.1. The van der Waals surface area contributed by atoms with Gasteiger partial charge in [-0.15, -0.1) is 11.8 Å². The average molecular weight is 308 g/mol. The molecule has 0 unspecified atom stereocenters. The summed E-state index contributed by atoms with van der Waals surface area (Å²) in [6.45, 7) is 4.92. The van der Waals surface area contributed by atoms with Crippen LogP contribution in [0.3, 0.4) is 0 Å². The molecule has 1 aromatic heterocycles. The van der Waals surface area contributed by atoms with Gasteiger partial charge in [-0.25, -0.2) is 4.79 Å². The van der Waals surface area contributed by atoms with Gasteiger partial charge in [-0.1, -0.05) is 0 Å². The lowest BCUT2D eigenvalue weighted by Crippen LogP contribution is -2.53. The first-order valence-corrected chi connectivity index (χ1v) is 8.02. The predicted molar refractivity (Wildman–Crippen MR) is 82.2 cm³/mol. The highest BCUT2D eigenvalue weighted by Crippen LogP contribution is 2.17. The van der Waals surface area contributed by atoms with Gasteiger partial charge in [0, 0.05) is 50.0 Å². The van der Waals surface area contributed by atoms with Gasteiger partial charge in [-0.2, -0.15) is 0 Å². The molecule has 0 bridgehead atoms. The van der Waals surface area contributed by atoms with Crippen LogP contribution in [0.15, 0.2) is 29.4 Å². The van der Waals surface area contributed by atoms with Gasteiger partial charge in [-0.05, 0) is 19.1 Å². The number of thioether (sulfide) groups is 1. The molecule has 114 valence electrons. The summed E-state index contributed by atoms with van der Waals surface area (Å²) in [5.41, 5.74) is 0. The van der Waals surface area contributed by atoms with Crippen LogP contribution in [-0.2, 0) is 4.79 Å². The van der Waals surface area contributed by atoms with Crippen LogP contribution in [0.2, 0.25) is 0 Å². The van der Waals surface area contributed by atoms with E-state index in [-0.39, 0.29) is 11.9 Å². The lowest BCUT2D eigenvalue weighted by molar-refractivity contribution is -0.129. The number of pyridine rings is 1. The molecule has 0 aromatic carbocycles. The number of rotatable bonds is 4. The van der Waals surface area contributed by atoms with Gasteiger partial charge >= 0.3 is 6.03 Å². The van der Waals surface area contributed by atoms with Crippen molar-refractivity contribution < 1.29 is 9.59 Å². The van der Waals surface area contributed by atoms with E-state index in [1.807, 2.05) is 24.0 Å². The number of carbonyl (C=O) groups excluding carboxylic acids is 2. The van der Waals surface area contributed by atoms with Gasteiger partial charge in [0.05, 0.1) is 5.75 Å². The smallest absolute Gasteiger partial charge is 0.317 e. The fourth-order valence-corrected chi connectivity index (χ4v) is 2.88. The molecule has 2 heterocycles. The molecular formula is C14H20N4O2S. The topological polar surface area (TPSA) is 65.5 Å². The highest BCUT2D eigenvalue weighted by molar-refractivity contribution is 8.00. The van der Waals surface area contributed by atoms with Crippen LogP contribution in [0.4, 0.5) is 4.79 Å². The normalized spacial score (nSPS) is 14.9. The van der Waals surface area contributed by atoms with E-state index in [4.69, 9.17) is 0 Å². The molecule has 0 radical (unpaired) electrons. The first-order valence-electron chi connectivity index (χ1n) is 7.04. The maximum Gasteiger partial charge on any atom is 0.317 e. The number of aromatic nitrogens is 1. The largest absolute Gasteiger partial charge is 0.338 e. The number of urea groups is 1. The van der Waals surface area contributed by atoms with Gasteiger partial charge in [0.15, 0.2) is 0 Å². The van der Waals surface area contributed by atoms with Gasteiger partial charge in [0.25, 0.3) is 0 Å². The summed E-state index contributed by atoms with van der Waals surface area (Å²) in [6.07, 6.45) is 3.44. The minimum atomic E-state index is -0.0456. The van der Waals surface area contributed by atoms with Crippen molar-refractivity contribution in [1.82, 2.24) is 20.1 Å². The third-order valence-corrected chi connectivity index (χ3v) is 4.26. The molecule has 6 nitrogen and oxygen atoms in total. The summed E-state index contributed by atoms with van der Waals surface area (Å²) in [6, 6.07) is 3.74. The second kappa shape index (κ2) is 7.87. The van der Waals surface area contributed by atoms with Gasteiger partial charge < -0.3 is 15.1 Å². The second-order valence-corrected chi connectivity index (χ2v) is 5.72. The third-order valence-electron chi connectivity index (χ3n) is 3.26. The van der Waals surface area contributed by atoms with Crippen molar-refractivity contribution in [3.8, 4) is 0 Å². The highest BCUT2D eigenvalue weighted by Gasteiger charge is 2.23. The number of carbonyl (C=O) groups is 2. The van der Waals surface area contributed by atoms with Crippen LogP contribution in [0, 0.1) is 0 Å². The Morgan fingerprint density at radius 1 is 1.19 bits per heavy atom. The Morgan fingerprint density at radius 2 is 1.81 bits per heavy atom. The minimum Gasteiger partial charge on any atom is -0.338 e. The van der Waals surface area contributed by atoms with E-state index < -0.39 is 0 Å². The number of nitrogens with one attached hydrogen (secondary N) is 1. The van der Waals surface area contributed by atoms with E-state index in [2.05, 4.69) is 10.3 Å². The van der Waals surface area contributed by atoms with Crippen LogP contribution in [0.1, 0.15) is 6.92 Å². The van der Waals surface area contributed by atoms with E-state index in [1.165, 1.54) is 11.8 Å². The summed E-state index contributed by atoms with van der Waals surface area (Å²) in [5.74, 6) is 0.540. The summed E-state index contributed by atoms with van der Waals surface area (Å²) >= 11 is 1.51. The Labute approximate surface area is 128 Å². The van der Waals surface area contributed by atoms with Crippen molar-refractivity contribution in [3.63, 3.8) is 0 Å². The van der Waals surface area contributed by atoms with Crippen molar-refractivity contribution in [2.75, 3.05) is 38.5 Å². The Kier molecular flexibility index (Phi) is 5.86. The average Bonchev–Trinajstić information content (AvgIpc) is 2.54. The lowest BCUT2D eigenvalue weighted by atomic mass is 10.3. The fraction of sp³-hybridized carbons (Fsp3) is 0.500. The minimum absolute atomic E-state index is 0.0456. The number of amides is 3. The number of nitrogens with zero attached hydrogens (tertiary/aromatic N) is 3. The van der Waals surface area contributed by atoms with Gasteiger partial charge in [0.1, 0.15) is 0 Å². The Balaban J connectivity index is 1.74. The second-order valence-electron chi connectivity index (χ2n) is 4.67. The molecule has 2 rings (SSSR count). The third kappa shape index (κ3) is 4.63. The molecule has 1 aromatic rings. The Morgan fingerprint density at radius 3 is 2.43 bits per heavy atom. The molecule has 1 aliphatic rings. The molecule has 0 saturated carbocycles. The summed E-state index contributed by atoms with van der Waals surface area (Å²) < 4.78 is 0. The van der Waals surface area contributed by atoms with Crippen LogP contribution >= 0.6 is 11.8 Å². The van der Waals surface area contributed by atoms with E-state index in [0.717, 1.165) is 4.90 Å². The molecule has 0 aliphatic carbocycles. The highest BCUT2D eigenvalue weighted by atomic mass is 32.2. The van der Waals surface area contributed by atoms with E-state index in [9.17, 15) is 9.59 Å². The number of hydrogen-bond donors (Lipinski definition) is 1. The standard InChI is InChI=1S/C14H20N4O2S/c1-2-16-14(20)18-9-7-17(8-10-18)13(19)11-21-12-3-5-15-6-4-12/h3-6H,2,7-11H2,1H3,(H,16,20). The molecule has 7 heteroatoms. The number of piperazine rings is 1. The maximum atomic E-state index is 12.1. The molecule has 21 heavy (non-hydrogen) atoms. The Hall–Kier alpha value is -1.76. The molecular weight excluding hydrogens is 288 g/mol. The fourth-order valence-electron chi connectivity index (χ4n) is 2.09. The van der Waals surface area contributed by atoms with Crippen molar-refractivity contribution in [3.05, 3.63) is 24.5 Å². The summed E-state index contributed by atoms with van der Waals surface area (Å²) in [7, 11) is 0. The van der Waals surface area contributed by atoms with Gasteiger partial charge in [0.2, 0.25) is 5.91 Å². The molecule has 1 saturated heterocycles. The first kappa shape index (κ1) is 15.6. The van der Waals surface area contributed by atoms with Gasteiger partial charge in [-0.3, -0.25) is 9.78 Å². The van der Waals surface area contributed by atoms with E-state index in [1.54, 1.807) is 17.3 Å². The SMILES string of the molecule is CCNC(=O)N1CCN(C(=O)CSc2ccncc2)CC1. The quantitative estimate of drug-likeness (QED) is 0.844. The Bertz CT molecular complexity index is 475. The van der Waals surface area contributed by atoms with E-state index >= 15 is 0 Å². The molecule has 1 fully saturated rings. The zero-order valence-electron chi connectivity index (χ0n) is 12.1. The molecule has 3 amide bonds. The maximum absolute atomic E-state index is 12.1. The van der Waals surface area contributed by atoms with Crippen LogP contribution < -0.4 is 5.32 Å². The molecule has 1 aliphatic heterocycles. The molecule has 0 spiro atoms. The monoisotopic (exact) mass is 308 g/mol. The first-order chi connectivity index (χ1) is 10.2. The predicted octanol–water partition coefficient (Wildman–Crippen LogP) is 1.05. The van der Waals surface area contributed by atoms with Crippen molar-refractivity contribution in [2.45, 2.75) is 11.8 Å². The van der Waals surface area contributed by atoms with Crippen LogP contribution in [-0.4, -0.2) is 65.2 Å². The zero-order valence-corrected chi connectivity index (χ0v) is 12.9. The summed E-state index contributed by atoms with van der Waals surface area (Å²) in [4.78, 5) is 32.4. The summed E-state index contributed by atoms with van der Waals surface area (Å²) in [5, 5.41) is 2.78. The molecule has 0 atom stereocenters. The number of hydrogen-bond acceptors (Lipinski definition) is 4. The van der Waals surface area contributed by atoms with Crippen LogP contribution in [0.25, 0.3) is 0 Å². The van der Waals surface area contributed by atoms with Crippen molar-refractivity contribution >= 4 is 23.7 Å². The van der Waals surface area contributed by atoms with Crippen LogP contribution in [0.5, 0.6) is 0 Å². The van der Waals surface area contributed by atoms with E-state index in [0.29, 0.717) is 38.5 Å². The van der Waals surface area contributed by atoms with Crippen molar-refractivity contribution in [1.29, 1.82) is 0 Å². The molecule has 1 N–H and O–H groups in total. The van der Waals surface area contributed by atoms with Crippen molar-refractivity contribution in [2.24, 2.45) is 0 Å².